The lowest BCUT2D eigenvalue weighted by molar-refractivity contribution is -0.126. The Morgan fingerprint density at radius 2 is 1.89 bits per heavy atom. The van der Waals surface area contributed by atoms with Crippen LogP contribution in [0, 0.1) is 12.8 Å². The molecule has 0 aliphatic carbocycles. The Morgan fingerprint density at radius 3 is 2.52 bits per heavy atom. The van der Waals surface area contributed by atoms with E-state index in [9.17, 15) is 9.59 Å². The molecule has 3 rings (SSSR count). The molecule has 1 aromatic heterocycles. The third-order valence-electron chi connectivity index (χ3n) is 4.34. The van der Waals surface area contributed by atoms with E-state index in [0.29, 0.717) is 31.0 Å². The number of rotatable bonds is 5. The zero-order valence-corrected chi connectivity index (χ0v) is 15.7. The summed E-state index contributed by atoms with van der Waals surface area (Å²) >= 11 is 0. The summed E-state index contributed by atoms with van der Waals surface area (Å²) in [4.78, 5) is 34.2. The lowest BCUT2D eigenvalue weighted by Gasteiger charge is -2.21. The molecule has 3 N–H and O–H groups in total. The Morgan fingerprint density at radius 1 is 1.19 bits per heavy atom. The molecule has 1 aliphatic rings. The van der Waals surface area contributed by atoms with Crippen molar-refractivity contribution in [1.29, 1.82) is 0 Å². The summed E-state index contributed by atoms with van der Waals surface area (Å²) in [6, 6.07) is 9.31. The van der Waals surface area contributed by atoms with Gasteiger partial charge in [-0.15, -0.1) is 0 Å². The Labute approximate surface area is 158 Å². The van der Waals surface area contributed by atoms with E-state index in [1.807, 2.05) is 56.3 Å². The average molecular weight is 368 g/mol. The molecule has 2 aromatic rings. The van der Waals surface area contributed by atoms with Gasteiger partial charge in [0.05, 0.1) is 5.92 Å². The number of piperidine rings is 1. The second kappa shape index (κ2) is 8.03. The second-order valence-electron chi connectivity index (χ2n) is 6.78. The van der Waals surface area contributed by atoms with Crippen LogP contribution in [0.25, 0.3) is 0 Å². The van der Waals surface area contributed by atoms with Crippen molar-refractivity contribution in [2.75, 3.05) is 36.2 Å². The van der Waals surface area contributed by atoms with Gasteiger partial charge in [-0.25, -0.2) is 9.97 Å². The van der Waals surface area contributed by atoms with Gasteiger partial charge in [0.15, 0.2) is 0 Å². The second-order valence-corrected chi connectivity index (χ2v) is 6.78. The number of anilines is 4. The summed E-state index contributed by atoms with van der Waals surface area (Å²) in [5.74, 6) is 1.97. The summed E-state index contributed by atoms with van der Waals surface area (Å²) in [5.41, 5.74) is 1.58. The summed E-state index contributed by atoms with van der Waals surface area (Å²) in [7, 11) is 3.86. The molecule has 142 valence electrons. The molecule has 1 fully saturated rings. The summed E-state index contributed by atoms with van der Waals surface area (Å²) < 4.78 is 0. The number of hydrogen-bond donors (Lipinski definition) is 3. The molecule has 1 saturated heterocycles. The van der Waals surface area contributed by atoms with Crippen molar-refractivity contribution in [2.24, 2.45) is 5.92 Å². The Balaban J connectivity index is 1.62. The highest BCUT2D eigenvalue weighted by Gasteiger charge is 2.24. The maximum atomic E-state index is 12.3. The van der Waals surface area contributed by atoms with Crippen molar-refractivity contribution in [3.63, 3.8) is 0 Å². The third-order valence-corrected chi connectivity index (χ3v) is 4.34. The first-order chi connectivity index (χ1) is 12.9. The summed E-state index contributed by atoms with van der Waals surface area (Å²) in [6.07, 6.45) is 0.979. The van der Waals surface area contributed by atoms with Crippen molar-refractivity contribution in [3.8, 4) is 0 Å². The zero-order chi connectivity index (χ0) is 19.4. The number of nitrogens with zero attached hydrogens (tertiary/aromatic N) is 3. The van der Waals surface area contributed by atoms with Gasteiger partial charge in [0, 0.05) is 44.5 Å². The predicted octanol–water partition coefficient (Wildman–Crippen LogP) is 2.06. The molecule has 0 saturated carbocycles. The fraction of sp³-hybridized carbons (Fsp3) is 0.368. The molecule has 1 aliphatic heterocycles. The van der Waals surface area contributed by atoms with Gasteiger partial charge < -0.3 is 20.9 Å². The maximum Gasteiger partial charge on any atom is 0.229 e. The molecule has 2 amide bonds. The molecule has 1 atom stereocenters. The van der Waals surface area contributed by atoms with Crippen LogP contribution in [-0.4, -0.2) is 42.4 Å². The number of aromatic nitrogens is 2. The first kappa shape index (κ1) is 18.6. The van der Waals surface area contributed by atoms with E-state index >= 15 is 0 Å². The van der Waals surface area contributed by atoms with Gasteiger partial charge in [0.2, 0.25) is 11.8 Å². The van der Waals surface area contributed by atoms with Gasteiger partial charge in [-0.1, -0.05) is 0 Å². The van der Waals surface area contributed by atoms with Crippen LogP contribution in [-0.2, 0) is 9.59 Å². The van der Waals surface area contributed by atoms with Crippen LogP contribution in [0.15, 0.2) is 30.3 Å². The van der Waals surface area contributed by atoms with E-state index in [4.69, 9.17) is 0 Å². The standard InChI is InChI=1S/C19H24N6O2/c1-12-21-16(10-17(22-12)25(2)3)23-14-5-7-15(8-6-14)24-19(27)13-4-9-18(26)20-11-13/h5-8,10,13H,4,9,11H2,1-3H3,(H,20,26)(H,24,27)(H,21,22,23). The Kier molecular flexibility index (Phi) is 5.54. The van der Waals surface area contributed by atoms with Crippen LogP contribution in [0.4, 0.5) is 23.0 Å². The smallest absolute Gasteiger partial charge is 0.229 e. The van der Waals surface area contributed by atoms with E-state index in [0.717, 1.165) is 17.2 Å². The molecule has 2 heterocycles. The fourth-order valence-electron chi connectivity index (χ4n) is 2.83. The van der Waals surface area contributed by atoms with Crippen molar-refractivity contribution < 1.29 is 9.59 Å². The minimum atomic E-state index is -0.186. The largest absolute Gasteiger partial charge is 0.363 e. The van der Waals surface area contributed by atoms with Crippen molar-refractivity contribution in [3.05, 3.63) is 36.2 Å². The first-order valence-electron chi connectivity index (χ1n) is 8.88. The van der Waals surface area contributed by atoms with Gasteiger partial charge in [-0.2, -0.15) is 0 Å². The van der Waals surface area contributed by atoms with Gasteiger partial charge in [-0.3, -0.25) is 9.59 Å². The van der Waals surface area contributed by atoms with Gasteiger partial charge in [0.25, 0.3) is 0 Å². The average Bonchev–Trinajstić information content (AvgIpc) is 2.63. The highest BCUT2D eigenvalue weighted by molar-refractivity contribution is 5.94. The lowest BCUT2D eigenvalue weighted by Crippen LogP contribution is -2.40. The molecule has 8 heteroatoms. The van der Waals surface area contributed by atoms with Crippen LogP contribution in [0.5, 0.6) is 0 Å². The van der Waals surface area contributed by atoms with Gasteiger partial charge in [0.1, 0.15) is 17.5 Å². The topological polar surface area (TPSA) is 99.2 Å². The van der Waals surface area contributed by atoms with Gasteiger partial charge >= 0.3 is 0 Å². The van der Waals surface area contributed by atoms with E-state index < -0.39 is 0 Å². The van der Waals surface area contributed by atoms with Crippen molar-refractivity contribution in [1.82, 2.24) is 15.3 Å². The van der Waals surface area contributed by atoms with E-state index in [2.05, 4.69) is 25.9 Å². The van der Waals surface area contributed by atoms with E-state index in [1.54, 1.807) is 0 Å². The normalized spacial score (nSPS) is 16.4. The summed E-state index contributed by atoms with van der Waals surface area (Å²) in [5, 5.41) is 8.88. The number of hydrogen-bond acceptors (Lipinski definition) is 6. The first-order valence-corrected chi connectivity index (χ1v) is 8.88. The highest BCUT2D eigenvalue weighted by Crippen LogP contribution is 2.21. The number of benzene rings is 1. The quantitative estimate of drug-likeness (QED) is 0.747. The van der Waals surface area contributed by atoms with E-state index in [-0.39, 0.29) is 17.7 Å². The van der Waals surface area contributed by atoms with Crippen LogP contribution in [0.1, 0.15) is 18.7 Å². The molecule has 8 nitrogen and oxygen atoms in total. The predicted molar refractivity (Wildman–Crippen MR) is 105 cm³/mol. The minimum Gasteiger partial charge on any atom is -0.363 e. The maximum absolute atomic E-state index is 12.3. The molecule has 27 heavy (non-hydrogen) atoms. The van der Waals surface area contributed by atoms with Crippen LogP contribution >= 0.6 is 0 Å². The number of carbonyl (C=O) groups excluding carboxylic acids is 2. The number of carbonyl (C=O) groups is 2. The Bertz CT molecular complexity index is 825. The molecular formula is C19H24N6O2. The highest BCUT2D eigenvalue weighted by atomic mass is 16.2. The third kappa shape index (κ3) is 4.93. The molecular weight excluding hydrogens is 344 g/mol. The fourth-order valence-corrected chi connectivity index (χ4v) is 2.83. The molecule has 1 aromatic carbocycles. The van der Waals surface area contributed by atoms with Crippen LogP contribution in [0.2, 0.25) is 0 Å². The summed E-state index contributed by atoms with van der Waals surface area (Å²) in [6.45, 7) is 2.25. The van der Waals surface area contributed by atoms with Crippen molar-refractivity contribution in [2.45, 2.75) is 19.8 Å². The number of nitrogens with one attached hydrogen (secondary N) is 3. The number of aryl methyl sites for hydroxylation is 1. The van der Waals surface area contributed by atoms with Crippen LogP contribution in [0.3, 0.4) is 0 Å². The van der Waals surface area contributed by atoms with E-state index in [1.165, 1.54) is 0 Å². The van der Waals surface area contributed by atoms with Crippen LogP contribution < -0.4 is 20.9 Å². The molecule has 0 bridgehead atoms. The van der Waals surface area contributed by atoms with Gasteiger partial charge in [-0.05, 0) is 37.6 Å². The minimum absolute atomic E-state index is 0.00635. The number of amides is 2. The molecule has 1 unspecified atom stereocenters. The Hall–Kier alpha value is -3.16. The molecule has 0 spiro atoms. The molecule has 0 radical (unpaired) electrons. The zero-order valence-electron chi connectivity index (χ0n) is 15.7. The monoisotopic (exact) mass is 368 g/mol. The lowest BCUT2D eigenvalue weighted by atomic mass is 9.98. The SMILES string of the molecule is Cc1nc(Nc2ccc(NC(=O)C3CCC(=O)NC3)cc2)cc(N(C)C)n1. The van der Waals surface area contributed by atoms with Crippen molar-refractivity contribution >= 4 is 34.8 Å².